The summed E-state index contributed by atoms with van der Waals surface area (Å²) in [5.74, 6) is 1.70. The van der Waals surface area contributed by atoms with Gasteiger partial charge in [-0.2, -0.15) is 0 Å². The average Bonchev–Trinajstić information content (AvgIpc) is 2.98. The summed E-state index contributed by atoms with van der Waals surface area (Å²) in [6.07, 6.45) is 2.77. The fraction of sp³-hybridized carbons (Fsp3) is 0.515. The minimum Gasteiger partial charge on any atom is -0.461 e. The first-order valence-corrected chi connectivity index (χ1v) is 16.7. The van der Waals surface area contributed by atoms with Crippen molar-refractivity contribution in [3.63, 3.8) is 0 Å². The van der Waals surface area contributed by atoms with E-state index in [-0.39, 0.29) is 25.8 Å². The normalized spacial score (nSPS) is 21.7. The third-order valence-corrected chi connectivity index (χ3v) is 9.07. The van der Waals surface area contributed by atoms with Gasteiger partial charge in [0.15, 0.2) is 6.10 Å². The van der Waals surface area contributed by atoms with Crippen molar-refractivity contribution in [1.29, 1.82) is 0 Å². The third kappa shape index (κ3) is 10.5. The molecule has 0 bridgehead atoms. The number of carbonyl (C=O) groups excluding carboxylic acids is 2. The van der Waals surface area contributed by atoms with Crippen LogP contribution in [0.25, 0.3) is 11.1 Å². The molecule has 2 aromatic carbocycles. The molecule has 1 aliphatic rings. The first kappa shape index (κ1) is 35.3. The number of unbranched alkanes of at least 4 members (excludes halogenated alkanes) is 2. The van der Waals surface area contributed by atoms with E-state index in [0.29, 0.717) is 5.75 Å². The summed E-state index contributed by atoms with van der Waals surface area (Å²) < 4.78 is 46.9. The van der Waals surface area contributed by atoms with Crippen molar-refractivity contribution < 1.29 is 47.3 Å². The number of aryl methyl sites for hydroxylation is 1. The number of benzene rings is 2. The molecule has 1 fully saturated rings. The van der Waals surface area contributed by atoms with Gasteiger partial charge >= 0.3 is 19.5 Å². The molecule has 0 spiro atoms. The van der Waals surface area contributed by atoms with Crippen LogP contribution in [0.5, 0.6) is 5.75 Å². The molecule has 2 aromatic rings. The molecule has 44 heavy (non-hydrogen) atoms. The maximum absolute atomic E-state index is 13.1. The van der Waals surface area contributed by atoms with Gasteiger partial charge < -0.3 is 33.1 Å². The highest BCUT2D eigenvalue weighted by Gasteiger charge is 2.51. The van der Waals surface area contributed by atoms with Gasteiger partial charge in [-0.15, -0.1) is 12.3 Å². The summed E-state index contributed by atoms with van der Waals surface area (Å²) in [6.45, 7) is 6.13. The zero-order chi connectivity index (χ0) is 32.1. The number of aliphatic hydroxyl groups is 1. The van der Waals surface area contributed by atoms with Crippen LogP contribution in [-0.4, -0.2) is 67.1 Å². The molecule has 240 valence electrons. The molecule has 0 radical (unpaired) electrons. The van der Waals surface area contributed by atoms with Crippen LogP contribution in [0, 0.1) is 12.3 Å². The molecule has 5 atom stereocenters. The molecular weight excluding hydrogens is 587 g/mol. The average molecular weight is 631 g/mol. The summed E-state index contributed by atoms with van der Waals surface area (Å²) >= 11 is 0. The Bertz CT molecular complexity index is 1290. The molecule has 1 saturated heterocycles. The Morgan fingerprint density at radius 1 is 0.955 bits per heavy atom. The van der Waals surface area contributed by atoms with Crippen molar-refractivity contribution in [2.75, 3.05) is 19.4 Å². The second-order valence-electron chi connectivity index (χ2n) is 10.4. The van der Waals surface area contributed by atoms with Crippen molar-refractivity contribution in [2.24, 2.45) is 0 Å². The van der Waals surface area contributed by atoms with Crippen LogP contribution in [0.2, 0.25) is 0 Å². The van der Waals surface area contributed by atoms with Gasteiger partial charge in [0.2, 0.25) is 12.4 Å². The first-order valence-electron chi connectivity index (χ1n) is 14.9. The lowest BCUT2D eigenvalue weighted by Crippen LogP contribution is -2.61. The summed E-state index contributed by atoms with van der Waals surface area (Å²) in [5.41, 5.74) is 3.24. The summed E-state index contributed by atoms with van der Waals surface area (Å²) in [6, 6.07) is 15.6. The second-order valence-corrected chi connectivity index (χ2v) is 12.6. The highest BCUT2D eigenvalue weighted by Crippen LogP contribution is 2.49. The van der Waals surface area contributed by atoms with Crippen LogP contribution in [-0.2, 0) is 43.8 Å². The van der Waals surface area contributed by atoms with Crippen LogP contribution >= 0.6 is 7.60 Å². The number of carbonyl (C=O) groups is 2. The van der Waals surface area contributed by atoms with E-state index in [0.717, 1.165) is 36.8 Å². The number of esters is 2. The first-order chi connectivity index (χ1) is 21.1. The molecular formula is C33H43O10P. The topological polar surface area (TPSA) is 127 Å². The van der Waals surface area contributed by atoms with Gasteiger partial charge in [-0.05, 0) is 68.4 Å². The van der Waals surface area contributed by atoms with Crippen LogP contribution in [0.3, 0.4) is 0 Å². The van der Waals surface area contributed by atoms with E-state index in [1.165, 1.54) is 19.4 Å². The quantitative estimate of drug-likeness (QED) is 0.107. The Balaban J connectivity index is 1.82. The van der Waals surface area contributed by atoms with Crippen molar-refractivity contribution in [3.05, 3.63) is 54.1 Å². The minimum absolute atomic E-state index is 0.0286. The van der Waals surface area contributed by atoms with Crippen molar-refractivity contribution in [2.45, 2.75) is 90.5 Å². The zero-order valence-electron chi connectivity index (χ0n) is 25.8. The van der Waals surface area contributed by atoms with Gasteiger partial charge in [0.05, 0.1) is 25.5 Å². The Morgan fingerprint density at radius 3 is 2.23 bits per heavy atom. The molecule has 10 nitrogen and oxygen atoms in total. The second kappa shape index (κ2) is 17.3. The molecule has 11 heteroatoms. The number of aliphatic hydroxyl groups excluding tert-OH is 1. The Hall–Kier alpha value is -3.19. The van der Waals surface area contributed by atoms with Crippen molar-refractivity contribution >= 4 is 19.5 Å². The van der Waals surface area contributed by atoms with Crippen molar-refractivity contribution in [1.82, 2.24) is 0 Å². The van der Waals surface area contributed by atoms with Crippen LogP contribution in [0.4, 0.5) is 0 Å². The number of rotatable bonds is 16. The van der Waals surface area contributed by atoms with Crippen LogP contribution < -0.4 is 4.74 Å². The van der Waals surface area contributed by atoms with Gasteiger partial charge in [0, 0.05) is 20.3 Å². The maximum atomic E-state index is 13.1. The molecule has 0 aliphatic carbocycles. The van der Waals surface area contributed by atoms with E-state index in [4.69, 9.17) is 34.4 Å². The summed E-state index contributed by atoms with van der Waals surface area (Å²) in [5, 5.41) is 11.1. The predicted molar refractivity (Wildman–Crippen MR) is 165 cm³/mol. The molecule has 0 unspecified atom stereocenters. The fourth-order valence-corrected chi connectivity index (χ4v) is 6.73. The summed E-state index contributed by atoms with van der Waals surface area (Å²) in [4.78, 5) is 24.0. The van der Waals surface area contributed by atoms with Gasteiger partial charge in [-0.3, -0.25) is 14.2 Å². The number of ether oxygens (including phenoxy) is 4. The molecule has 3 rings (SSSR count). The molecule has 1 aliphatic heterocycles. The van der Waals surface area contributed by atoms with Gasteiger partial charge in [-0.1, -0.05) is 36.4 Å². The Labute approximate surface area is 259 Å². The van der Waals surface area contributed by atoms with E-state index >= 15 is 0 Å². The van der Waals surface area contributed by atoms with Crippen LogP contribution in [0.1, 0.15) is 58.9 Å². The molecule has 1 N–H and O–H groups in total. The van der Waals surface area contributed by atoms with E-state index in [9.17, 15) is 19.3 Å². The highest BCUT2D eigenvalue weighted by atomic mass is 31.2. The van der Waals surface area contributed by atoms with Gasteiger partial charge in [0.1, 0.15) is 11.9 Å². The van der Waals surface area contributed by atoms with E-state index in [1.807, 2.05) is 24.3 Å². The SMILES string of the molecule is C#CCCCCc1cccc(-c2ccc(O[C@H]3O[C@H](CCP(=O)(OCC)OCC)[C@@H](O)[C@H](OC(C)=O)[C@@H]3OC(C)=O)cc2)c1. The van der Waals surface area contributed by atoms with E-state index < -0.39 is 50.2 Å². The van der Waals surface area contributed by atoms with Gasteiger partial charge in [-0.25, -0.2) is 0 Å². The third-order valence-electron chi connectivity index (χ3n) is 6.97. The minimum atomic E-state index is -3.47. The predicted octanol–water partition coefficient (Wildman–Crippen LogP) is 5.68. The Kier molecular flexibility index (Phi) is 13.9. The largest absolute Gasteiger partial charge is 0.461 e. The molecule has 1 heterocycles. The molecule has 0 saturated carbocycles. The van der Waals surface area contributed by atoms with Crippen molar-refractivity contribution in [3.8, 4) is 29.2 Å². The fourth-order valence-electron chi connectivity index (χ4n) is 5.04. The molecule has 0 aromatic heterocycles. The lowest BCUT2D eigenvalue weighted by molar-refractivity contribution is -0.280. The summed E-state index contributed by atoms with van der Waals surface area (Å²) in [7, 11) is -3.47. The van der Waals surface area contributed by atoms with Gasteiger partial charge in [0.25, 0.3) is 0 Å². The molecule has 0 amide bonds. The van der Waals surface area contributed by atoms with E-state index in [2.05, 4.69) is 18.1 Å². The lowest BCUT2D eigenvalue weighted by atomic mass is 9.96. The highest BCUT2D eigenvalue weighted by molar-refractivity contribution is 7.53. The smallest absolute Gasteiger partial charge is 0.330 e. The van der Waals surface area contributed by atoms with E-state index in [1.54, 1.807) is 26.0 Å². The van der Waals surface area contributed by atoms with Crippen LogP contribution in [0.15, 0.2) is 48.5 Å². The Morgan fingerprint density at radius 2 is 1.61 bits per heavy atom. The monoisotopic (exact) mass is 630 g/mol. The number of terminal acetylenes is 1. The number of hydrogen-bond acceptors (Lipinski definition) is 10. The number of hydrogen-bond donors (Lipinski definition) is 1. The standard InChI is InChI=1S/C33H43O10P/c1-6-9-10-11-13-25-14-12-15-27(22-25)26-16-18-28(19-17-26)42-33-32(41-24(5)35)31(40-23(4)34)30(36)29(43-33)20-21-44(37,38-7-2)39-8-3/h1,12,14-19,22,29-33,36H,7-11,13,20-21H2,2-5H3/t29-,30-,31+,32+,33+/m1/s1. The zero-order valence-corrected chi connectivity index (χ0v) is 26.7. The maximum Gasteiger partial charge on any atom is 0.330 e. The lowest BCUT2D eigenvalue weighted by Gasteiger charge is -2.43.